The van der Waals surface area contributed by atoms with Crippen molar-refractivity contribution in [3.63, 3.8) is 0 Å². The van der Waals surface area contributed by atoms with E-state index >= 15 is 0 Å². The monoisotopic (exact) mass is 337 g/mol. The number of nitrogens with zero attached hydrogens (tertiary/aromatic N) is 1. The number of carbonyl (C=O) groups is 1. The first-order chi connectivity index (χ1) is 12.3. The number of esters is 1. The molecular weight excluding hydrogens is 322 g/mol. The summed E-state index contributed by atoms with van der Waals surface area (Å²) < 4.78 is 21.6. The number of carbonyl (C=O) groups excluding carboxylic acids is 1. The van der Waals surface area contributed by atoms with Gasteiger partial charge >= 0.3 is 5.97 Å². The third kappa shape index (κ3) is 3.47. The maximum absolute atomic E-state index is 11.9. The molecule has 0 atom stereocenters. The Hall–Kier alpha value is -3.28. The van der Waals surface area contributed by atoms with Crippen molar-refractivity contribution in [3.8, 4) is 11.5 Å². The quantitative estimate of drug-likeness (QED) is 0.537. The van der Waals surface area contributed by atoms with Crippen molar-refractivity contribution >= 4 is 23.1 Å². The number of aromatic nitrogens is 1. The summed E-state index contributed by atoms with van der Waals surface area (Å²) in [4.78, 5) is 16.1. The Balaban J connectivity index is 1.37. The zero-order chi connectivity index (χ0) is 17.1. The predicted molar refractivity (Wildman–Crippen MR) is 90.3 cm³/mol. The van der Waals surface area contributed by atoms with E-state index in [0.29, 0.717) is 36.2 Å². The molecule has 0 saturated carbocycles. The van der Waals surface area contributed by atoms with Gasteiger partial charge in [0.25, 0.3) is 0 Å². The molecule has 0 fully saturated rings. The lowest BCUT2D eigenvalue weighted by atomic mass is 10.2. The molecule has 3 aromatic rings. The number of fused-ring (bicyclic) bond motifs is 2. The minimum atomic E-state index is -0.475. The first kappa shape index (κ1) is 15.3. The van der Waals surface area contributed by atoms with Gasteiger partial charge in [0.15, 0.2) is 23.7 Å². The molecule has 0 spiro atoms. The number of oxazole rings is 1. The lowest BCUT2D eigenvalue weighted by molar-refractivity contribution is -0.139. The van der Waals surface area contributed by atoms with Crippen molar-refractivity contribution in [2.24, 2.45) is 0 Å². The molecule has 2 aromatic carbocycles. The number of para-hydroxylation sites is 2. The number of hydrogen-bond acceptors (Lipinski definition) is 6. The highest BCUT2D eigenvalue weighted by Crippen LogP contribution is 2.31. The van der Waals surface area contributed by atoms with E-state index in [0.717, 1.165) is 11.1 Å². The average molecular weight is 337 g/mol. The molecule has 1 aliphatic rings. The average Bonchev–Trinajstić information content (AvgIpc) is 3.07. The molecule has 1 aromatic heterocycles. The first-order valence-corrected chi connectivity index (χ1v) is 7.87. The molecule has 6 nitrogen and oxygen atoms in total. The van der Waals surface area contributed by atoms with Crippen LogP contribution in [0, 0.1) is 0 Å². The number of ether oxygens (including phenoxy) is 3. The fraction of sp³-hybridized carbons (Fsp3) is 0.158. The van der Waals surface area contributed by atoms with E-state index in [1.165, 1.54) is 6.08 Å². The van der Waals surface area contributed by atoms with Gasteiger partial charge in [-0.3, -0.25) is 0 Å². The largest absolute Gasteiger partial charge is 0.486 e. The summed E-state index contributed by atoms with van der Waals surface area (Å²) in [7, 11) is 0. The maximum Gasteiger partial charge on any atom is 0.331 e. The van der Waals surface area contributed by atoms with E-state index in [1.54, 1.807) is 6.08 Å². The van der Waals surface area contributed by atoms with Crippen LogP contribution in [0.2, 0.25) is 0 Å². The van der Waals surface area contributed by atoms with Crippen LogP contribution in [0.25, 0.3) is 17.2 Å². The topological polar surface area (TPSA) is 70.8 Å². The molecule has 126 valence electrons. The molecule has 0 amide bonds. The molecular formula is C19H15NO5. The van der Waals surface area contributed by atoms with Crippen LogP contribution in [0.1, 0.15) is 11.5 Å². The normalized spacial score (nSPS) is 13.3. The van der Waals surface area contributed by atoms with Crippen LogP contribution in [-0.2, 0) is 16.1 Å². The highest BCUT2D eigenvalue weighted by molar-refractivity contribution is 5.87. The van der Waals surface area contributed by atoms with Crippen LogP contribution in [0.15, 0.2) is 53.0 Å². The van der Waals surface area contributed by atoms with E-state index < -0.39 is 5.97 Å². The van der Waals surface area contributed by atoms with Crippen LogP contribution in [0.3, 0.4) is 0 Å². The molecule has 0 radical (unpaired) electrons. The van der Waals surface area contributed by atoms with Gasteiger partial charge in [0, 0.05) is 6.08 Å². The van der Waals surface area contributed by atoms with Crippen LogP contribution in [0.4, 0.5) is 0 Å². The lowest BCUT2D eigenvalue weighted by Gasteiger charge is -2.18. The maximum atomic E-state index is 11.9. The van der Waals surface area contributed by atoms with Gasteiger partial charge in [-0.25, -0.2) is 9.78 Å². The fourth-order valence-electron chi connectivity index (χ4n) is 2.49. The van der Waals surface area contributed by atoms with E-state index in [1.807, 2.05) is 42.5 Å². The molecule has 0 bridgehead atoms. The summed E-state index contributed by atoms with van der Waals surface area (Å²) in [6.07, 6.45) is 3.01. The predicted octanol–water partition coefficient (Wildman–Crippen LogP) is 3.36. The number of hydrogen-bond donors (Lipinski definition) is 0. The summed E-state index contributed by atoms with van der Waals surface area (Å²) in [5.74, 6) is 1.27. The Morgan fingerprint density at radius 2 is 1.96 bits per heavy atom. The van der Waals surface area contributed by atoms with Crippen molar-refractivity contribution in [2.75, 3.05) is 13.2 Å². The number of rotatable bonds is 4. The Kier molecular flexibility index (Phi) is 4.08. The van der Waals surface area contributed by atoms with Crippen molar-refractivity contribution < 1.29 is 23.4 Å². The third-order valence-electron chi connectivity index (χ3n) is 3.65. The Morgan fingerprint density at radius 1 is 1.12 bits per heavy atom. The lowest BCUT2D eigenvalue weighted by Crippen LogP contribution is -2.15. The molecule has 1 aliphatic heterocycles. The van der Waals surface area contributed by atoms with E-state index in [4.69, 9.17) is 18.6 Å². The van der Waals surface area contributed by atoms with E-state index in [-0.39, 0.29) is 6.61 Å². The molecule has 4 rings (SSSR count). The standard InChI is InChI=1S/C19H15NO5/c21-19(24-12-18-20-14-3-1-2-4-15(14)25-18)8-6-13-5-7-16-17(11-13)23-10-9-22-16/h1-8,11H,9-10,12H2/b8-6+. The Labute approximate surface area is 143 Å². The fourth-order valence-corrected chi connectivity index (χ4v) is 2.49. The van der Waals surface area contributed by atoms with Gasteiger partial charge < -0.3 is 18.6 Å². The van der Waals surface area contributed by atoms with Gasteiger partial charge in [0.2, 0.25) is 5.89 Å². The zero-order valence-electron chi connectivity index (χ0n) is 13.3. The second-order valence-electron chi connectivity index (χ2n) is 5.42. The third-order valence-corrected chi connectivity index (χ3v) is 3.65. The zero-order valence-corrected chi connectivity index (χ0v) is 13.3. The Bertz CT molecular complexity index is 911. The van der Waals surface area contributed by atoms with Gasteiger partial charge in [-0.15, -0.1) is 0 Å². The van der Waals surface area contributed by atoms with Crippen molar-refractivity contribution in [3.05, 3.63) is 60.0 Å². The van der Waals surface area contributed by atoms with Crippen molar-refractivity contribution in [1.29, 1.82) is 0 Å². The van der Waals surface area contributed by atoms with Gasteiger partial charge in [-0.2, -0.15) is 0 Å². The highest BCUT2D eigenvalue weighted by atomic mass is 16.6. The summed E-state index contributed by atoms with van der Waals surface area (Å²) in [6.45, 7) is 1.05. The summed E-state index contributed by atoms with van der Waals surface area (Å²) in [5, 5.41) is 0. The Morgan fingerprint density at radius 3 is 2.84 bits per heavy atom. The van der Waals surface area contributed by atoms with Gasteiger partial charge in [0.05, 0.1) is 0 Å². The van der Waals surface area contributed by atoms with Crippen LogP contribution in [0.5, 0.6) is 11.5 Å². The van der Waals surface area contributed by atoms with Gasteiger partial charge in [-0.1, -0.05) is 18.2 Å². The van der Waals surface area contributed by atoms with Crippen LogP contribution in [-0.4, -0.2) is 24.2 Å². The summed E-state index contributed by atoms with van der Waals surface area (Å²) >= 11 is 0. The van der Waals surface area contributed by atoms with E-state index in [9.17, 15) is 4.79 Å². The smallest absolute Gasteiger partial charge is 0.331 e. The second kappa shape index (κ2) is 6.68. The minimum absolute atomic E-state index is 0.0149. The summed E-state index contributed by atoms with van der Waals surface area (Å²) in [6, 6.07) is 12.9. The molecule has 25 heavy (non-hydrogen) atoms. The molecule has 0 aliphatic carbocycles. The van der Waals surface area contributed by atoms with Gasteiger partial charge in [0.1, 0.15) is 18.7 Å². The minimum Gasteiger partial charge on any atom is -0.486 e. The molecule has 2 heterocycles. The van der Waals surface area contributed by atoms with Crippen LogP contribution >= 0.6 is 0 Å². The van der Waals surface area contributed by atoms with Crippen LogP contribution < -0.4 is 9.47 Å². The number of benzene rings is 2. The highest BCUT2D eigenvalue weighted by Gasteiger charge is 2.11. The summed E-state index contributed by atoms with van der Waals surface area (Å²) in [5.41, 5.74) is 2.23. The first-order valence-electron chi connectivity index (χ1n) is 7.87. The molecule has 0 saturated heterocycles. The second-order valence-corrected chi connectivity index (χ2v) is 5.42. The molecule has 6 heteroatoms. The molecule has 0 N–H and O–H groups in total. The van der Waals surface area contributed by atoms with Gasteiger partial charge in [-0.05, 0) is 35.9 Å². The SMILES string of the molecule is O=C(/C=C/c1ccc2c(c1)OCCO2)OCc1nc2ccccc2o1. The van der Waals surface area contributed by atoms with Crippen molar-refractivity contribution in [2.45, 2.75) is 6.61 Å². The molecule has 0 unspecified atom stereocenters. The van der Waals surface area contributed by atoms with Crippen molar-refractivity contribution in [1.82, 2.24) is 4.98 Å². The van der Waals surface area contributed by atoms with E-state index in [2.05, 4.69) is 4.98 Å².